The second kappa shape index (κ2) is 5.35. The number of halogens is 4. The van der Waals surface area contributed by atoms with Gasteiger partial charge in [-0.25, -0.2) is 4.39 Å². The highest BCUT2D eigenvalue weighted by atomic mass is 19.4. The molecule has 2 rings (SSSR count). The van der Waals surface area contributed by atoms with Crippen molar-refractivity contribution in [3.05, 3.63) is 35.1 Å². The molecule has 1 fully saturated rings. The summed E-state index contributed by atoms with van der Waals surface area (Å²) >= 11 is 0. The fourth-order valence-corrected chi connectivity index (χ4v) is 2.88. The Bertz CT molecular complexity index is 473. The largest absolute Gasteiger partial charge is 0.419 e. The monoisotopic (exact) mass is 290 g/mol. The summed E-state index contributed by atoms with van der Waals surface area (Å²) in [4.78, 5) is 0. The molecule has 0 amide bonds. The third-order valence-electron chi connectivity index (χ3n) is 4.32. The topological polar surface area (TPSA) is 20.2 Å². The zero-order chi connectivity index (χ0) is 15.0. The van der Waals surface area contributed by atoms with Crippen molar-refractivity contribution in [1.82, 2.24) is 0 Å². The van der Waals surface area contributed by atoms with Crippen LogP contribution in [0, 0.1) is 11.7 Å². The van der Waals surface area contributed by atoms with Gasteiger partial charge in [-0.2, -0.15) is 13.2 Å². The van der Waals surface area contributed by atoms with Crippen LogP contribution < -0.4 is 0 Å². The van der Waals surface area contributed by atoms with Crippen LogP contribution in [0.5, 0.6) is 0 Å². The summed E-state index contributed by atoms with van der Waals surface area (Å²) in [7, 11) is 0. The van der Waals surface area contributed by atoms with Gasteiger partial charge in [0.2, 0.25) is 0 Å². The van der Waals surface area contributed by atoms with Gasteiger partial charge in [-0.1, -0.05) is 19.4 Å². The minimum atomic E-state index is -4.74. The first-order valence-corrected chi connectivity index (χ1v) is 6.86. The Balaban J connectivity index is 2.29. The number of rotatable bonds is 2. The minimum Gasteiger partial charge on any atom is -0.385 e. The summed E-state index contributed by atoms with van der Waals surface area (Å²) in [5.41, 5.74) is -2.40. The van der Waals surface area contributed by atoms with E-state index in [1.54, 1.807) is 0 Å². The Morgan fingerprint density at radius 3 is 2.35 bits per heavy atom. The zero-order valence-electron chi connectivity index (χ0n) is 11.3. The molecule has 0 spiro atoms. The van der Waals surface area contributed by atoms with Crippen molar-refractivity contribution in [2.24, 2.45) is 5.92 Å². The van der Waals surface area contributed by atoms with Crippen LogP contribution in [0.25, 0.3) is 0 Å². The maximum absolute atomic E-state index is 13.3. The lowest BCUT2D eigenvalue weighted by molar-refractivity contribution is -0.140. The van der Waals surface area contributed by atoms with Crippen molar-refractivity contribution in [3.63, 3.8) is 0 Å². The van der Waals surface area contributed by atoms with E-state index in [0.717, 1.165) is 31.4 Å². The molecule has 0 bridgehead atoms. The third-order valence-corrected chi connectivity index (χ3v) is 4.32. The van der Waals surface area contributed by atoms with Crippen LogP contribution in [0.15, 0.2) is 18.2 Å². The van der Waals surface area contributed by atoms with Gasteiger partial charge in [0.05, 0.1) is 11.2 Å². The molecule has 1 nitrogen and oxygen atoms in total. The van der Waals surface area contributed by atoms with Crippen molar-refractivity contribution in [1.29, 1.82) is 0 Å². The van der Waals surface area contributed by atoms with Gasteiger partial charge in [0.15, 0.2) is 0 Å². The Morgan fingerprint density at radius 2 is 1.85 bits per heavy atom. The van der Waals surface area contributed by atoms with Crippen LogP contribution in [-0.4, -0.2) is 5.11 Å². The standard InChI is InChI=1S/C15H18F4O/c1-2-10-5-7-14(20,8-6-10)11-3-4-13(16)12(9-11)15(17,18)19/h3-4,9-10,20H,2,5-8H2,1H3. The van der Waals surface area contributed by atoms with Crippen LogP contribution in [0.4, 0.5) is 17.6 Å². The van der Waals surface area contributed by atoms with E-state index in [-0.39, 0.29) is 5.56 Å². The predicted octanol–water partition coefficient (Wildman–Crippen LogP) is 4.63. The van der Waals surface area contributed by atoms with Crippen LogP contribution in [0.1, 0.15) is 50.2 Å². The van der Waals surface area contributed by atoms with Gasteiger partial charge in [-0.15, -0.1) is 0 Å². The van der Waals surface area contributed by atoms with Gasteiger partial charge in [0.1, 0.15) is 5.82 Å². The summed E-state index contributed by atoms with van der Waals surface area (Å²) in [5.74, 6) is -0.787. The molecule has 1 aliphatic carbocycles. The molecule has 0 radical (unpaired) electrons. The Morgan fingerprint density at radius 1 is 1.25 bits per heavy atom. The van der Waals surface area contributed by atoms with Gasteiger partial charge < -0.3 is 5.11 Å². The first-order valence-electron chi connectivity index (χ1n) is 6.86. The molecule has 1 aromatic rings. The van der Waals surface area contributed by atoms with Gasteiger partial charge in [-0.3, -0.25) is 0 Å². The van der Waals surface area contributed by atoms with E-state index >= 15 is 0 Å². The second-order valence-corrected chi connectivity index (χ2v) is 5.58. The maximum Gasteiger partial charge on any atom is 0.419 e. The average molecular weight is 290 g/mol. The van der Waals surface area contributed by atoms with Crippen LogP contribution in [-0.2, 0) is 11.8 Å². The van der Waals surface area contributed by atoms with Gasteiger partial charge >= 0.3 is 6.18 Å². The fourth-order valence-electron chi connectivity index (χ4n) is 2.88. The lowest BCUT2D eigenvalue weighted by Crippen LogP contribution is -2.31. The molecule has 0 atom stereocenters. The van der Waals surface area contributed by atoms with Crippen LogP contribution >= 0.6 is 0 Å². The SMILES string of the molecule is CCC1CCC(O)(c2ccc(F)c(C(F)(F)F)c2)CC1. The van der Waals surface area contributed by atoms with Crippen molar-refractivity contribution in [2.75, 3.05) is 0 Å². The number of alkyl halides is 3. The lowest BCUT2D eigenvalue weighted by Gasteiger charge is -2.36. The summed E-state index contributed by atoms with van der Waals surface area (Å²) in [6, 6.07) is 2.81. The molecule has 1 aromatic carbocycles. The van der Waals surface area contributed by atoms with Crippen molar-refractivity contribution in [3.8, 4) is 0 Å². The van der Waals surface area contributed by atoms with E-state index in [0.29, 0.717) is 18.8 Å². The van der Waals surface area contributed by atoms with Crippen LogP contribution in [0.2, 0.25) is 0 Å². The number of aliphatic hydroxyl groups is 1. The molecule has 0 saturated heterocycles. The normalized spacial score (nSPS) is 27.6. The van der Waals surface area contributed by atoms with E-state index in [2.05, 4.69) is 6.92 Å². The molecule has 0 unspecified atom stereocenters. The van der Waals surface area contributed by atoms with E-state index in [1.165, 1.54) is 6.07 Å². The third kappa shape index (κ3) is 2.97. The molecule has 20 heavy (non-hydrogen) atoms. The average Bonchev–Trinajstić information content (AvgIpc) is 2.38. The lowest BCUT2D eigenvalue weighted by atomic mass is 9.74. The van der Waals surface area contributed by atoms with E-state index < -0.39 is 23.2 Å². The molecule has 1 saturated carbocycles. The molecule has 112 valence electrons. The van der Waals surface area contributed by atoms with Crippen LogP contribution in [0.3, 0.4) is 0 Å². The minimum absolute atomic E-state index is 0.167. The highest BCUT2D eigenvalue weighted by Gasteiger charge is 2.38. The summed E-state index contributed by atoms with van der Waals surface area (Å²) in [6.07, 6.45) is -1.31. The Labute approximate surface area is 115 Å². The molecular weight excluding hydrogens is 272 g/mol. The van der Waals surface area contributed by atoms with Gasteiger partial charge in [0, 0.05) is 0 Å². The van der Waals surface area contributed by atoms with E-state index in [9.17, 15) is 22.7 Å². The van der Waals surface area contributed by atoms with Crippen molar-refractivity contribution < 1.29 is 22.7 Å². The first-order chi connectivity index (χ1) is 9.26. The Kier molecular flexibility index (Phi) is 4.09. The summed E-state index contributed by atoms with van der Waals surface area (Å²) in [5, 5.41) is 10.5. The molecule has 1 N–H and O–H groups in total. The summed E-state index contributed by atoms with van der Waals surface area (Å²) in [6.45, 7) is 2.06. The molecule has 0 heterocycles. The number of hydrogen-bond acceptors (Lipinski definition) is 1. The van der Waals surface area contributed by atoms with Gasteiger partial charge in [-0.05, 0) is 49.3 Å². The number of hydrogen-bond donors (Lipinski definition) is 1. The smallest absolute Gasteiger partial charge is 0.385 e. The number of benzene rings is 1. The molecule has 5 heteroatoms. The molecule has 0 aromatic heterocycles. The molecule has 1 aliphatic rings. The fraction of sp³-hybridized carbons (Fsp3) is 0.600. The van der Waals surface area contributed by atoms with Crippen molar-refractivity contribution >= 4 is 0 Å². The molecular formula is C15H18F4O. The zero-order valence-corrected chi connectivity index (χ0v) is 11.3. The van der Waals surface area contributed by atoms with E-state index in [4.69, 9.17) is 0 Å². The maximum atomic E-state index is 13.3. The first kappa shape index (κ1) is 15.3. The van der Waals surface area contributed by atoms with Crippen molar-refractivity contribution in [2.45, 2.75) is 50.8 Å². The highest BCUT2D eigenvalue weighted by molar-refractivity contribution is 5.31. The molecule has 0 aliphatic heterocycles. The highest BCUT2D eigenvalue weighted by Crippen LogP contribution is 2.42. The van der Waals surface area contributed by atoms with E-state index in [1.807, 2.05) is 0 Å². The second-order valence-electron chi connectivity index (χ2n) is 5.58. The Hall–Kier alpha value is -1.10. The predicted molar refractivity (Wildman–Crippen MR) is 67.5 cm³/mol. The quantitative estimate of drug-likeness (QED) is 0.787. The van der Waals surface area contributed by atoms with Gasteiger partial charge in [0.25, 0.3) is 0 Å². The summed E-state index contributed by atoms with van der Waals surface area (Å²) < 4.78 is 51.4.